The smallest absolute Gasteiger partial charge is 0.449 e. The van der Waals surface area contributed by atoms with E-state index in [0.717, 1.165) is 0 Å². The maximum absolute atomic E-state index is 12.4. The lowest BCUT2D eigenvalue weighted by Crippen LogP contribution is -2.42. The molecule has 0 rings (SSSR count). The Hall–Kier alpha value is -1.18. The molecule has 0 saturated heterocycles. The number of carbonyl (C=O) groups excluding carboxylic acids is 1. The molecule has 15 heavy (non-hydrogen) atoms. The molecule has 0 N–H and O–H groups in total. The van der Waals surface area contributed by atoms with Crippen molar-refractivity contribution in [2.45, 2.75) is 18.5 Å². The Morgan fingerprint density at radius 2 is 1.87 bits per heavy atom. The zero-order valence-corrected chi connectivity index (χ0v) is 7.31. The first-order chi connectivity index (χ1) is 6.77. The first kappa shape index (κ1) is 13.8. The predicted octanol–water partition coefficient (Wildman–Crippen LogP) is 2.23. The fourth-order valence-corrected chi connectivity index (χ4v) is 0.541. The summed E-state index contributed by atoms with van der Waals surface area (Å²) in [6.45, 7) is 1.94. The van der Waals surface area contributed by atoms with Crippen LogP contribution in [-0.4, -0.2) is 24.6 Å². The van der Waals surface area contributed by atoms with E-state index in [2.05, 4.69) is 11.3 Å². The van der Waals surface area contributed by atoms with Crippen LogP contribution in [0.1, 0.15) is 6.42 Å². The lowest BCUT2D eigenvalue weighted by molar-refractivity contribution is -0.425. The van der Waals surface area contributed by atoms with E-state index in [1.54, 1.807) is 0 Å². The van der Waals surface area contributed by atoms with E-state index in [-0.39, 0.29) is 0 Å². The summed E-state index contributed by atoms with van der Waals surface area (Å²) < 4.78 is 64.0. The summed E-state index contributed by atoms with van der Waals surface area (Å²) in [5.74, 6) is -5.81. The highest BCUT2D eigenvalue weighted by Crippen LogP contribution is 2.38. The van der Waals surface area contributed by atoms with Crippen LogP contribution in [0.5, 0.6) is 0 Å². The van der Waals surface area contributed by atoms with Crippen molar-refractivity contribution in [1.29, 1.82) is 0 Å². The van der Waals surface area contributed by atoms with Gasteiger partial charge in [-0.05, 0) is 4.53 Å². The number of hydrogen-bond acceptors (Lipinski definition) is 3. The molecule has 0 aromatic rings. The van der Waals surface area contributed by atoms with Crippen molar-refractivity contribution in [2.24, 2.45) is 0 Å². The molecule has 0 bridgehead atoms. The fourth-order valence-electron chi connectivity index (χ4n) is 0.541. The van der Waals surface area contributed by atoms with E-state index in [9.17, 15) is 26.9 Å². The van der Waals surface area contributed by atoms with Gasteiger partial charge in [0.1, 0.15) is 0 Å². The second kappa shape index (κ2) is 5.06. The predicted molar refractivity (Wildman–Crippen MR) is 37.9 cm³/mol. The SMILES string of the molecule is C=CC(=O)OCCC(F)(F)C(F)(F)OF. The summed E-state index contributed by atoms with van der Waals surface area (Å²) in [7, 11) is 0. The van der Waals surface area contributed by atoms with Crippen LogP contribution in [0.4, 0.5) is 22.1 Å². The van der Waals surface area contributed by atoms with E-state index in [1.165, 1.54) is 0 Å². The Bertz CT molecular complexity index is 241. The van der Waals surface area contributed by atoms with Gasteiger partial charge in [0, 0.05) is 6.08 Å². The Kier molecular flexibility index (Phi) is 4.66. The molecule has 0 aromatic carbocycles. The molecule has 0 aliphatic rings. The highest BCUT2D eigenvalue weighted by atomic mass is 19.4. The molecule has 0 atom stereocenters. The normalized spacial score (nSPS) is 12.3. The Balaban J connectivity index is 4.15. The van der Waals surface area contributed by atoms with Gasteiger partial charge in [0.15, 0.2) is 0 Å². The van der Waals surface area contributed by atoms with Gasteiger partial charge in [-0.3, -0.25) is 0 Å². The van der Waals surface area contributed by atoms with Gasteiger partial charge in [0.25, 0.3) is 0 Å². The van der Waals surface area contributed by atoms with Gasteiger partial charge in [-0.25, -0.2) is 4.79 Å². The summed E-state index contributed by atoms with van der Waals surface area (Å²) in [6.07, 6.45) is -6.14. The van der Waals surface area contributed by atoms with Crippen molar-refractivity contribution >= 4 is 5.97 Å². The molecule has 0 amide bonds. The van der Waals surface area contributed by atoms with E-state index < -0.39 is 31.0 Å². The molecule has 3 nitrogen and oxygen atoms in total. The van der Waals surface area contributed by atoms with Crippen molar-refractivity contribution in [3.05, 3.63) is 12.7 Å². The van der Waals surface area contributed by atoms with Crippen LogP contribution in [0.3, 0.4) is 0 Å². The van der Waals surface area contributed by atoms with Crippen LogP contribution in [0.25, 0.3) is 0 Å². The molecule has 0 heterocycles. The number of hydrogen-bond donors (Lipinski definition) is 0. The summed E-state index contributed by atoms with van der Waals surface area (Å²) in [6, 6.07) is 0. The van der Waals surface area contributed by atoms with Crippen molar-refractivity contribution in [3.8, 4) is 0 Å². The highest BCUT2D eigenvalue weighted by molar-refractivity contribution is 5.81. The van der Waals surface area contributed by atoms with Crippen molar-refractivity contribution < 1.29 is 36.6 Å². The summed E-state index contributed by atoms with van der Waals surface area (Å²) >= 11 is 0. The minimum Gasteiger partial charge on any atom is -0.462 e. The molecule has 0 aliphatic carbocycles. The van der Waals surface area contributed by atoms with Gasteiger partial charge >= 0.3 is 18.0 Å². The average Bonchev–Trinajstić information content (AvgIpc) is 2.16. The quantitative estimate of drug-likeness (QED) is 0.401. The molecule has 0 saturated carbocycles. The first-order valence-electron chi connectivity index (χ1n) is 3.61. The van der Waals surface area contributed by atoms with Crippen molar-refractivity contribution in [3.63, 3.8) is 0 Å². The first-order valence-corrected chi connectivity index (χ1v) is 3.61. The van der Waals surface area contributed by atoms with Gasteiger partial charge < -0.3 is 4.74 Å². The van der Waals surface area contributed by atoms with Gasteiger partial charge in [-0.2, -0.15) is 17.6 Å². The van der Waals surface area contributed by atoms with Crippen LogP contribution in [0.15, 0.2) is 12.7 Å². The standard InChI is InChI=1S/C7H7F5O3/c1-2-5(13)14-4-3-6(8,9)7(10,11)15-12/h2H,1,3-4H2. The number of esters is 1. The molecule has 0 fully saturated rings. The molecular formula is C7H7F5O3. The van der Waals surface area contributed by atoms with E-state index in [4.69, 9.17) is 0 Å². The second-order valence-electron chi connectivity index (χ2n) is 2.42. The molecule has 0 aromatic heterocycles. The molecule has 8 heteroatoms. The molecule has 88 valence electrons. The Labute approximate surface area is 81.4 Å². The summed E-state index contributed by atoms with van der Waals surface area (Å²) in [5, 5.41) is 0. The third-order valence-electron chi connectivity index (χ3n) is 1.35. The van der Waals surface area contributed by atoms with Gasteiger partial charge in [-0.1, -0.05) is 6.58 Å². The van der Waals surface area contributed by atoms with Gasteiger partial charge in [-0.15, -0.1) is 4.94 Å². The van der Waals surface area contributed by atoms with Crippen molar-refractivity contribution in [2.75, 3.05) is 6.61 Å². The summed E-state index contributed by atoms with van der Waals surface area (Å²) in [5.41, 5.74) is 0. The van der Waals surface area contributed by atoms with Crippen LogP contribution < -0.4 is 0 Å². The van der Waals surface area contributed by atoms with Gasteiger partial charge in [0.2, 0.25) is 0 Å². The molecule has 0 radical (unpaired) electrons. The third-order valence-corrected chi connectivity index (χ3v) is 1.35. The van der Waals surface area contributed by atoms with Crippen LogP contribution in [0.2, 0.25) is 0 Å². The van der Waals surface area contributed by atoms with E-state index >= 15 is 0 Å². The number of rotatable bonds is 6. The summed E-state index contributed by atoms with van der Waals surface area (Å²) in [4.78, 5) is 12.2. The zero-order chi connectivity index (χ0) is 12.1. The molecule has 0 aliphatic heterocycles. The topological polar surface area (TPSA) is 35.5 Å². The molecule has 0 spiro atoms. The number of ether oxygens (including phenoxy) is 1. The number of halogens is 5. The second-order valence-corrected chi connectivity index (χ2v) is 2.42. The fraction of sp³-hybridized carbons (Fsp3) is 0.571. The maximum Gasteiger partial charge on any atom is 0.449 e. The van der Waals surface area contributed by atoms with Crippen LogP contribution in [0, 0.1) is 0 Å². The van der Waals surface area contributed by atoms with Gasteiger partial charge in [0.05, 0.1) is 13.0 Å². The average molecular weight is 234 g/mol. The molecule has 0 unspecified atom stereocenters. The van der Waals surface area contributed by atoms with Crippen molar-refractivity contribution in [1.82, 2.24) is 0 Å². The maximum atomic E-state index is 12.4. The highest BCUT2D eigenvalue weighted by Gasteiger charge is 2.59. The lowest BCUT2D eigenvalue weighted by Gasteiger charge is -2.21. The number of carbonyl (C=O) groups is 1. The number of alkyl halides is 4. The zero-order valence-electron chi connectivity index (χ0n) is 7.31. The third kappa shape index (κ3) is 3.82. The Morgan fingerprint density at radius 1 is 1.33 bits per heavy atom. The van der Waals surface area contributed by atoms with Crippen LogP contribution >= 0.6 is 0 Å². The Morgan fingerprint density at radius 3 is 2.27 bits per heavy atom. The largest absolute Gasteiger partial charge is 0.462 e. The monoisotopic (exact) mass is 234 g/mol. The van der Waals surface area contributed by atoms with Crippen LogP contribution in [-0.2, 0) is 14.5 Å². The van der Waals surface area contributed by atoms with E-state index in [0.29, 0.717) is 6.08 Å². The lowest BCUT2D eigenvalue weighted by atomic mass is 10.2. The minimum atomic E-state index is -5.24. The minimum absolute atomic E-state index is 0.669. The van der Waals surface area contributed by atoms with E-state index in [1.807, 2.05) is 4.94 Å². The molecular weight excluding hydrogens is 227 g/mol.